The molecule has 1 aromatic carbocycles. The van der Waals surface area contributed by atoms with Crippen molar-refractivity contribution in [3.05, 3.63) is 28.8 Å². The Morgan fingerprint density at radius 2 is 1.35 bits per heavy atom. The van der Waals surface area contributed by atoms with Crippen LogP contribution in [0.3, 0.4) is 0 Å². The molecule has 0 atom stereocenters. The molecule has 0 aliphatic carbocycles. The maximum Gasteiger partial charge on any atom is 0.184 e. The van der Waals surface area contributed by atoms with Gasteiger partial charge in [-0.25, -0.2) is 0 Å². The molecular formula is C16H25O. The van der Waals surface area contributed by atoms with Gasteiger partial charge in [-0.3, -0.25) is 5.11 Å². The van der Waals surface area contributed by atoms with Crippen LogP contribution in [-0.4, -0.2) is 0 Å². The lowest BCUT2D eigenvalue weighted by molar-refractivity contribution is 0.283. The second-order valence-corrected chi connectivity index (χ2v) is 7.06. The molecule has 0 saturated carbocycles. The molecule has 0 fully saturated rings. The van der Waals surface area contributed by atoms with Gasteiger partial charge in [0.15, 0.2) is 5.75 Å². The molecule has 95 valence electrons. The first-order valence-electron chi connectivity index (χ1n) is 6.32. The summed E-state index contributed by atoms with van der Waals surface area (Å²) in [6.45, 7) is 15.1. The van der Waals surface area contributed by atoms with Gasteiger partial charge in [0.25, 0.3) is 0 Å². The van der Waals surface area contributed by atoms with Crippen molar-refractivity contribution >= 4 is 0 Å². The van der Waals surface area contributed by atoms with Gasteiger partial charge in [-0.15, -0.1) is 0 Å². The summed E-state index contributed by atoms with van der Waals surface area (Å²) in [5.41, 5.74) is 3.41. The minimum Gasteiger partial charge on any atom is -0.289 e. The summed E-state index contributed by atoms with van der Waals surface area (Å²) in [4.78, 5) is 0. The fourth-order valence-corrected chi connectivity index (χ4v) is 2.77. The van der Waals surface area contributed by atoms with Crippen molar-refractivity contribution in [3.63, 3.8) is 0 Å². The van der Waals surface area contributed by atoms with Gasteiger partial charge in [0.1, 0.15) is 0 Å². The molecule has 0 aliphatic rings. The molecule has 0 N–H and O–H groups in total. The molecule has 0 bridgehead atoms. The van der Waals surface area contributed by atoms with Crippen molar-refractivity contribution in [1.29, 1.82) is 0 Å². The van der Waals surface area contributed by atoms with E-state index in [0.717, 1.165) is 17.5 Å². The van der Waals surface area contributed by atoms with Gasteiger partial charge >= 0.3 is 0 Å². The number of aryl methyl sites for hydroxylation is 2. The molecule has 1 nitrogen and oxygen atoms in total. The van der Waals surface area contributed by atoms with Gasteiger partial charge in [0.2, 0.25) is 0 Å². The second-order valence-electron chi connectivity index (χ2n) is 7.06. The van der Waals surface area contributed by atoms with Crippen LogP contribution in [0.15, 0.2) is 12.1 Å². The highest BCUT2D eigenvalue weighted by Crippen LogP contribution is 2.38. The number of benzene rings is 1. The second kappa shape index (κ2) is 4.36. The smallest absolute Gasteiger partial charge is 0.184 e. The minimum absolute atomic E-state index is 0.113. The first-order valence-corrected chi connectivity index (χ1v) is 6.32. The molecule has 0 unspecified atom stereocenters. The molecule has 1 rings (SSSR count). The summed E-state index contributed by atoms with van der Waals surface area (Å²) < 4.78 is 0. The summed E-state index contributed by atoms with van der Waals surface area (Å²) in [6.07, 6.45) is 1.11. The van der Waals surface area contributed by atoms with Gasteiger partial charge in [0.05, 0.1) is 0 Å². The van der Waals surface area contributed by atoms with Crippen molar-refractivity contribution in [1.82, 2.24) is 0 Å². The van der Waals surface area contributed by atoms with Gasteiger partial charge in [-0.05, 0) is 47.8 Å². The summed E-state index contributed by atoms with van der Waals surface area (Å²) in [5, 5.41) is 11.7. The monoisotopic (exact) mass is 233 g/mol. The lowest BCUT2D eigenvalue weighted by atomic mass is 9.72. The van der Waals surface area contributed by atoms with E-state index in [2.05, 4.69) is 46.8 Å². The lowest BCUT2D eigenvalue weighted by Crippen LogP contribution is -2.25. The van der Waals surface area contributed by atoms with E-state index in [1.54, 1.807) is 0 Å². The van der Waals surface area contributed by atoms with Crippen molar-refractivity contribution in [2.24, 2.45) is 5.41 Å². The van der Waals surface area contributed by atoms with E-state index in [4.69, 9.17) is 0 Å². The Hall–Kier alpha value is -0.980. The molecule has 17 heavy (non-hydrogen) atoms. The van der Waals surface area contributed by atoms with E-state index < -0.39 is 0 Å². The van der Waals surface area contributed by atoms with Gasteiger partial charge in [-0.1, -0.05) is 46.8 Å². The Morgan fingerprint density at radius 3 is 1.71 bits per heavy atom. The van der Waals surface area contributed by atoms with Crippen LogP contribution in [0.5, 0.6) is 5.75 Å². The van der Waals surface area contributed by atoms with Gasteiger partial charge < -0.3 is 0 Å². The maximum absolute atomic E-state index is 11.7. The van der Waals surface area contributed by atoms with Crippen molar-refractivity contribution in [2.45, 2.75) is 60.3 Å². The van der Waals surface area contributed by atoms with E-state index in [1.165, 1.54) is 5.56 Å². The van der Waals surface area contributed by atoms with Crippen LogP contribution in [0, 0.1) is 19.3 Å². The third-order valence-electron chi connectivity index (χ3n) is 3.21. The summed E-state index contributed by atoms with van der Waals surface area (Å²) in [7, 11) is 0. The highest BCUT2D eigenvalue weighted by molar-refractivity contribution is 5.44. The number of hydrogen-bond acceptors (Lipinski definition) is 0. The summed E-state index contributed by atoms with van der Waals surface area (Å²) in [6, 6.07) is 4.11. The Kier molecular flexibility index (Phi) is 3.61. The Morgan fingerprint density at radius 1 is 0.941 bits per heavy atom. The van der Waals surface area contributed by atoms with Crippen LogP contribution in [0.4, 0.5) is 0 Å². The zero-order valence-electron chi connectivity index (χ0n) is 12.3. The molecule has 1 radical (unpaired) electrons. The summed E-state index contributed by atoms with van der Waals surface area (Å²) in [5.74, 6) is 0.181. The zero-order valence-corrected chi connectivity index (χ0v) is 12.3. The van der Waals surface area contributed by atoms with Crippen LogP contribution in [0.1, 0.15) is 57.7 Å². The van der Waals surface area contributed by atoms with Crippen LogP contribution in [-0.2, 0) is 10.5 Å². The lowest BCUT2D eigenvalue weighted by Gasteiger charge is -2.33. The van der Waals surface area contributed by atoms with Crippen molar-refractivity contribution < 1.29 is 5.11 Å². The minimum atomic E-state index is 0.113. The van der Waals surface area contributed by atoms with Crippen LogP contribution in [0.25, 0.3) is 0 Å². The molecule has 0 aliphatic heterocycles. The third-order valence-corrected chi connectivity index (χ3v) is 3.21. The standard InChI is InChI=1S/C16H25O/c1-11-8-13(9-12(2)14(11)17)16(6,7)10-15(3,4)5/h8-9H,10H2,1-7H3. The zero-order chi connectivity index (χ0) is 13.4. The van der Waals surface area contributed by atoms with Crippen molar-refractivity contribution in [2.75, 3.05) is 0 Å². The van der Waals surface area contributed by atoms with E-state index in [0.29, 0.717) is 5.41 Å². The molecule has 0 heterocycles. The molecule has 0 aromatic heterocycles. The van der Waals surface area contributed by atoms with E-state index in [9.17, 15) is 5.11 Å². The molecule has 1 aromatic rings. The third kappa shape index (κ3) is 3.49. The Bertz CT molecular complexity index is 385. The topological polar surface area (TPSA) is 19.9 Å². The Labute approximate surface area is 106 Å². The van der Waals surface area contributed by atoms with E-state index >= 15 is 0 Å². The highest BCUT2D eigenvalue weighted by atomic mass is 16.3. The fraction of sp³-hybridized carbons (Fsp3) is 0.625. The predicted octanol–water partition coefficient (Wildman–Crippen LogP) is 5.16. The molecule has 0 spiro atoms. The quantitative estimate of drug-likeness (QED) is 0.672. The number of hydrogen-bond donors (Lipinski definition) is 0. The predicted molar refractivity (Wildman–Crippen MR) is 73.1 cm³/mol. The van der Waals surface area contributed by atoms with Crippen LogP contribution >= 0.6 is 0 Å². The van der Waals surface area contributed by atoms with Crippen LogP contribution < -0.4 is 0 Å². The molecule has 0 amide bonds. The van der Waals surface area contributed by atoms with Crippen molar-refractivity contribution in [3.8, 4) is 5.75 Å². The van der Waals surface area contributed by atoms with Gasteiger partial charge in [0, 0.05) is 0 Å². The fourth-order valence-electron chi connectivity index (χ4n) is 2.77. The molecule has 0 saturated heterocycles. The first kappa shape index (κ1) is 14.1. The van der Waals surface area contributed by atoms with E-state index in [1.807, 2.05) is 13.8 Å². The first-order chi connectivity index (χ1) is 7.53. The average molecular weight is 233 g/mol. The number of rotatable bonds is 2. The maximum atomic E-state index is 11.7. The SMILES string of the molecule is Cc1cc(C(C)(C)CC(C)(C)C)cc(C)c1[O]. The normalized spacial score (nSPS) is 12.9. The Balaban J connectivity index is 3.16. The van der Waals surface area contributed by atoms with Gasteiger partial charge in [-0.2, -0.15) is 0 Å². The largest absolute Gasteiger partial charge is 0.289 e. The highest BCUT2D eigenvalue weighted by Gasteiger charge is 2.28. The molecular weight excluding hydrogens is 208 g/mol. The molecule has 1 heteroatoms. The average Bonchev–Trinajstić information content (AvgIpc) is 2.09. The van der Waals surface area contributed by atoms with E-state index in [-0.39, 0.29) is 11.2 Å². The summed E-state index contributed by atoms with van der Waals surface area (Å²) >= 11 is 0. The van der Waals surface area contributed by atoms with Crippen LogP contribution in [0.2, 0.25) is 0 Å².